The second-order valence-electron chi connectivity index (χ2n) is 6.10. The Morgan fingerprint density at radius 1 is 1.21 bits per heavy atom. The molecule has 0 aliphatic heterocycles. The minimum absolute atomic E-state index is 0.0915. The number of ether oxygens (including phenoxy) is 1. The van der Waals surface area contributed by atoms with Crippen molar-refractivity contribution in [2.24, 2.45) is 0 Å². The summed E-state index contributed by atoms with van der Waals surface area (Å²) in [6, 6.07) is 10.6. The fourth-order valence-corrected chi connectivity index (χ4v) is 3.66. The molecular weight excluding hydrogens is 411 g/mol. The first-order chi connectivity index (χ1) is 13.7. The number of rotatable bonds is 8. The molecule has 11 heteroatoms. The van der Waals surface area contributed by atoms with Gasteiger partial charge in [0.1, 0.15) is 17.1 Å². The van der Waals surface area contributed by atoms with Crippen LogP contribution in [-0.4, -0.2) is 32.3 Å². The molecule has 0 fully saturated rings. The highest BCUT2D eigenvalue weighted by atomic mass is 32.2. The summed E-state index contributed by atoms with van der Waals surface area (Å²) in [7, 11) is -2.38. The van der Waals surface area contributed by atoms with E-state index in [1.165, 1.54) is 12.1 Å². The van der Waals surface area contributed by atoms with E-state index in [0.717, 1.165) is 17.4 Å². The topological polar surface area (TPSA) is 97.2 Å². The van der Waals surface area contributed by atoms with Gasteiger partial charge >= 0.3 is 6.18 Å². The molecule has 1 aromatic carbocycles. The zero-order valence-corrected chi connectivity index (χ0v) is 16.1. The van der Waals surface area contributed by atoms with Gasteiger partial charge in [0, 0.05) is 6.54 Å². The van der Waals surface area contributed by atoms with Crippen LogP contribution in [0, 0.1) is 0 Å². The van der Waals surface area contributed by atoms with Gasteiger partial charge in [0.05, 0.1) is 7.11 Å². The van der Waals surface area contributed by atoms with E-state index in [1.54, 1.807) is 7.11 Å². The lowest BCUT2D eigenvalue weighted by Crippen LogP contribution is -2.24. The predicted molar refractivity (Wildman–Crippen MR) is 97.8 cm³/mol. The molecule has 3 rings (SSSR count). The number of aromatic amines is 1. The zero-order valence-electron chi connectivity index (χ0n) is 15.3. The molecule has 7 nitrogen and oxygen atoms in total. The molecule has 0 saturated heterocycles. The first kappa shape index (κ1) is 20.9. The Balaban J connectivity index is 1.61. The number of H-pyrrole nitrogens is 1. The lowest BCUT2D eigenvalue weighted by Gasteiger charge is -2.08. The summed E-state index contributed by atoms with van der Waals surface area (Å²) in [5, 5.41) is 4.95. The first-order valence-electron chi connectivity index (χ1n) is 8.55. The lowest BCUT2D eigenvalue weighted by atomic mass is 10.1. The molecule has 156 valence electrons. The maximum absolute atomic E-state index is 12.6. The Morgan fingerprint density at radius 3 is 2.66 bits per heavy atom. The molecule has 0 saturated carbocycles. The Kier molecular flexibility index (Phi) is 5.99. The molecule has 0 atom stereocenters. The summed E-state index contributed by atoms with van der Waals surface area (Å²) in [5.74, 6) is 0.634. The third-order valence-electron chi connectivity index (χ3n) is 4.09. The molecule has 0 radical (unpaired) electrons. The fraction of sp³-hybridized carbons (Fsp3) is 0.278. The number of para-hydroxylation sites is 1. The van der Waals surface area contributed by atoms with Gasteiger partial charge in [0.15, 0.2) is 5.76 Å². The fourth-order valence-electron chi connectivity index (χ4n) is 2.66. The molecule has 2 N–H and O–H groups in total. The summed E-state index contributed by atoms with van der Waals surface area (Å²) < 4.78 is 75.4. The van der Waals surface area contributed by atoms with Gasteiger partial charge in [0.2, 0.25) is 5.09 Å². The molecule has 2 heterocycles. The number of hydrogen-bond acceptors (Lipinski definition) is 5. The molecule has 0 spiro atoms. The van der Waals surface area contributed by atoms with Crippen molar-refractivity contribution >= 4 is 10.0 Å². The van der Waals surface area contributed by atoms with Gasteiger partial charge in [-0.25, -0.2) is 13.1 Å². The van der Waals surface area contributed by atoms with Crippen LogP contribution in [0.15, 0.2) is 52.0 Å². The number of sulfonamides is 1. The molecule has 3 aromatic rings. The number of halogens is 3. The van der Waals surface area contributed by atoms with Crippen LogP contribution >= 0.6 is 0 Å². The van der Waals surface area contributed by atoms with Crippen molar-refractivity contribution in [2.45, 2.75) is 24.1 Å². The van der Waals surface area contributed by atoms with Gasteiger partial charge in [-0.3, -0.25) is 5.10 Å². The van der Waals surface area contributed by atoms with Crippen LogP contribution in [0.2, 0.25) is 0 Å². The van der Waals surface area contributed by atoms with E-state index in [0.29, 0.717) is 12.8 Å². The van der Waals surface area contributed by atoms with E-state index in [9.17, 15) is 21.6 Å². The summed E-state index contributed by atoms with van der Waals surface area (Å²) >= 11 is 0. The second kappa shape index (κ2) is 8.29. The van der Waals surface area contributed by atoms with Gasteiger partial charge in [-0.2, -0.15) is 18.3 Å². The van der Waals surface area contributed by atoms with Gasteiger partial charge < -0.3 is 9.15 Å². The van der Waals surface area contributed by atoms with Crippen molar-refractivity contribution in [3.63, 3.8) is 0 Å². The number of aryl methyl sites for hydroxylation is 1. The quantitative estimate of drug-likeness (QED) is 0.533. The van der Waals surface area contributed by atoms with E-state index in [4.69, 9.17) is 9.15 Å². The Hall–Kier alpha value is -2.79. The van der Waals surface area contributed by atoms with E-state index in [2.05, 4.69) is 9.82 Å². The predicted octanol–water partition coefficient (Wildman–Crippen LogP) is 3.61. The van der Waals surface area contributed by atoms with Crippen LogP contribution in [0.1, 0.15) is 17.7 Å². The minimum atomic E-state index is -4.59. The van der Waals surface area contributed by atoms with E-state index in [1.807, 2.05) is 29.4 Å². The molecule has 2 aromatic heterocycles. The highest BCUT2D eigenvalue weighted by Crippen LogP contribution is 2.31. The summed E-state index contributed by atoms with van der Waals surface area (Å²) in [4.78, 5) is 0. The number of benzene rings is 1. The van der Waals surface area contributed by atoms with Gasteiger partial charge in [-0.15, -0.1) is 0 Å². The third kappa shape index (κ3) is 4.98. The molecular formula is C18H18F3N3O4S. The summed E-state index contributed by atoms with van der Waals surface area (Å²) in [5.41, 5.74) is -0.244. The van der Waals surface area contributed by atoms with E-state index >= 15 is 0 Å². The number of nitrogens with zero attached hydrogens (tertiary/aromatic N) is 1. The van der Waals surface area contributed by atoms with Crippen LogP contribution < -0.4 is 9.46 Å². The average Bonchev–Trinajstić information content (AvgIpc) is 3.34. The summed E-state index contributed by atoms with van der Waals surface area (Å²) in [6.45, 7) is 0.150. The molecule has 0 amide bonds. The first-order valence-corrected chi connectivity index (χ1v) is 10.0. The Bertz CT molecular complexity index is 1070. The van der Waals surface area contributed by atoms with Crippen LogP contribution in [0.5, 0.6) is 5.75 Å². The van der Waals surface area contributed by atoms with Gasteiger partial charge in [-0.05, 0) is 42.7 Å². The highest BCUT2D eigenvalue weighted by molar-refractivity contribution is 7.89. The van der Waals surface area contributed by atoms with Gasteiger partial charge in [-0.1, -0.05) is 18.2 Å². The van der Waals surface area contributed by atoms with Crippen LogP contribution in [-0.2, 0) is 22.6 Å². The monoisotopic (exact) mass is 429 g/mol. The molecule has 0 aliphatic rings. The smallest absolute Gasteiger partial charge is 0.432 e. The Morgan fingerprint density at radius 2 is 1.97 bits per heavy atom. The number of methoxy groups -OCH3 is 1. The average molecular weight is 429 g/mol. The number of aromatic nitrogens is 2. The molecule has 0 unspecified atom stereocenters. The summed E-state index contributed by atoms with van der Waals surface area (Å²) in [6.07, 6.45) is -3.47. The van der Waals surface area contributed by atoms with E-state index < -0.39 is 27.0 Å². The van der Waals surface area contributed by atoms with Crippen molar-refractivity contribution in [3.05, 3.63) is 53.7 Å². The van der Waals surface area contributed by atoms with Crippen molar-refractivity contribution in [3.8, 4) is 17.2 Å². The normalized spacial score (nSPS) is 12.3. The van der Waals surface area contributed by atoms with Crippen LogP contribution in [0.25, 0.3) is 11.5 Å². The van der Waals surface area contributed by atoms with Crippen molar-refractivity contribution in [1.29, 1.82) is 0 Å². The van der Waals surface area contributed by atoms with Crippen molar-refractivity contribution in [2.75, 3.05) is 13.7 Å². The Labute approximate surface area is 164 Å². The molecule has 0 aliphatic carbocycles. The number of alkyl halides is 3. The highest BCUT2D eigenvalue weighted by Gasteiger charge is 2.33. The molecule has 29 heavy (non-hydrogen) atoms. The molecule has 0 bridgehead atoms. The number of furan rings is 1. The standard InChI is InChI=1S/C18H18F3N3O4S/c1-27-14-7-3-2-5-12(14)6-4-10-22-29(25,26)17-9-8-15(28-17)13-11-16(24-23-13)18(19,20)21/h2-3,5,7-9,11,22H,4,6,10H2,1H3,(H,23,24). The number of hydrogen-bond donors (Lipinski definition) is 2. The van der Waals surface area contributed by atoms with Crippen molar-refractivity contribution < 1.29 is 30.7 Å². The van der Waals surface area contributed by atoms with E-state index in [-0.39, 0.29) is 18.0 Å². The SMILES string of the molecule is COc1ccccc1CCCNS(=O)(=O)c1ccc(-c2cc(C(F)(F)F)[nH]n2)o1. The van der Waals surface area contributed by atoms with Gasteiger partial charge in [0.25, 0.3) is 10.0 Å². The third-order valence-corrected chi connectivity index (χ3v) is 5.42. The largest absolute Gasteiger partial charge is 0.496 e. The second-order valence-corrected chi connectivity index (χ2v) is 7.79. The maximum atomic E-state index is 12.6. The zero-order chi connectivity index (χ0) is 21.1. The van der Waals surface area contributed by atoms with Crippen molar-refractivity contribution in [1.82, 2.24) is 14.9 Å². The maximum Gasteiger partial charge on any atom is 0.432 e. The minimum Gasteiger partial charge on any atom is -0.496 e. The van der Waals surface area contributed by atoms with Crippen LogP contribution in [0.3, 0.4) is 0 Å². The number of nitrogens with one attached hydrogen (secondary N) is 2. The van der Waals surface area contributed by atoms with Crippen LogP contribution in [0.4, 0.5) is 13.2 Å². The lowest BCUT2D eigenvalue weighted by molar-refractivity contribution is -0.141.